The Labute approximate surface area is 104 Å². The SMILES string of the molecule is CC1CN(C)CCN1c1nc(N)cc(Br)n1. The molecule has 88 valence electrons. The first-order chi connectivity index (χ1) is 7.56. The maximum absolute atomic E-state index is 5.72. The fraction of sp³-hybridized carbons (Fsp3) is 0.600. The largest absolute Gasteiger partial charge is 0.383 e. The number of nitrogens with zero attached hydrogens (tertiary/aromatic N) is 4. The molecule has 0 aliphatic carbocycles. The van der Waals surface area contributed by atoms with Gasteiger partial charge in [-0.15, -0.1) is 0 Å². The fourth-order valence-corrected chi connectivity index (χ4v) is 2.38. The highest BCUT2D eigenvalue weighted by molar-refractivity contribution is 9.10. The average molecular weight is 286 g/mol. The van der Waals surface area contributed by atoms with Crippen LogP contribution in [0.25, 0.3) is 0 Å². The number of anilines is 2. The van der Waals surface area contributed by atoms with Gasteiger partial charge >= 0.3 is 0 Å². The van der Waals surface area contributed by atoms with E-state index >= 15 is 0 Å². The van der Waals surface area contributed by atoms with Crippen molar-refractivity contribution in [2.75, 3.05) is 37.3 Å². The third-order valence-electron chi connectivity index (χ3n) is 2.79. The van der Waals surface area contributed by atoms with E-state index in [0.717, 1.165) is 24.2 Å². The number of piperazine rings is 1. The Morgan fingerprint density at radius 2 is 2.19 bits per heavy atom. The lowest BCUT2D eigenvalue weighted by Crippen LogP contribution is -2.51. The van der Waals surface area contributed by atoms with E-state index in [1.807, 2.05) is 0 Å². The van der Waals surface area contributed by atoms with Gasteiger partial charge in [0.05, 0.1) is 0 Å². The van der Waals surface area contributed by atoms with Gasteiger partial charge in [0.15, 0.2) is 0 Å². The third kappa shape index (κ3) is 2.44. The molecule has 1 atom stereocenters. The quantitative estimate of drug-likeness (QED) is 0.779. The molecule has 6 heteroatoms. The molecule has 1 aromatic rings. The van der Waals surface area contributed by atoms with Crippen LogP contribution in [0.1, 0.15) is 6.92 Å². The number of hydrogen-bond donors (Lipinski definition) is 1. The monoisotopic (exact) mass is 285 g/mol. The lowest BCUT2D eigenvalue weighted by Gasteiger charge is -2.38. The van der Waals surface area contributed by atoms with Gasteiger partial charge in [-0.1, -0.05) is 0 Å². The Balaban J connectivity index is 2.23. The molecule has 2 rings (SSSR count). The molecule has 0 saturated carbocycles. The Bertz CT molecular complexity index is 363. The molecule has 0 amide bonds. The van der Waals surface area contributed by atoms with Crippen molar-refractivity contribution in [3.05, 3.63) is 10.7 Å². The van der Waals surface area contributed by atoms with Gasteiger partial charge in [0.25, 0.3) is 0 Å². The van der Waals surface area contributed by atoms with Gasteiger partial charge in [-0.2, -0.15) is 4.98 Å². The Morgan fingerprint density at radius 1 is 1.44 bits per heavy atom. The van der Waals surface area contributed by atoms with Crippen molar-refractivity contribution in [3.63, 3.8) is 0 Å². The van der Waals surface area contributed by atoms with Crippen LogP contribution >= 0.6 is 15.9 Å². The third-order valence-corrected chi connectivity index (χ3v) is 3.20. The maximum Gasteiger partial charge on any atom is 0.228 e. The van der Waals surface area contributed by atoms with Gasteiger partial charge in [-0.3, -0.25) is 0 Å². The Morgan fingerprint density at radius 3 is 2.81 bits per heavy atom. The number of nitrogens with two attached hydrogens (primary N) is 1. The number of halogens is 1. The molecular formula is C10H16BrN5. The van der Waals surface area contributed by atoms with Gasteiger partial charge in [-0.05, 0) is 29.9 Å². The fourth-order valence-electron chi connectivity index (χ4n) is 1.99. The van der Waals surface area contributed by atoms with Crippen molar-refractivity contribution in [3.8, 4) is 0 Å². The first-order valence-corrected chi connectivity index (χ1v) is 6.11. The smallest absolute Gasteiger partial charge is 0.228 e. The van der Waals surface area contributed by atoms with Crippen LogP contribution in [-0.4, -0.2) is 47.6 Å². The molecule has 0 spiro atoms. The van der Waals surface area contributed by atoms with Gasteiger partial charge in [0.2, 0.25) is 5.95 Å². The summed E-state index contributed by atoms with van der Waals surface area (Å²) < 4.78 is 0.737. The molecule has 1 unspecified atom stereocenters. The van der Waals surface area contributed by atoms with E-state index in [9.17, 15) is 0 Å². The van der Waals surface area contributed by atoms with Crippen molar-refractivity contribution in [2.45, 2.75) is 13.0 Å². The van der Waals surface area contributed by atoms with E-state index in [1.165, 1.54) is 0 Å². The van der Waals surface area contributed by atoms with Crippen LogP contribution < -0.4 is 10.6 Å². The lowest BCUT2D eigenvalue weighted by atomic mass is 10.2. The normalized spacial score (nSPS) is 22.4. The highest BCUT2D eigenvalue weighted by atomic mass is 79.9. The summed E-state index contributed by atoms with van der Waals surface area (Å²) >= 11 is 3.34. The molecule has 1 aliphatic rings. The van der Waals surface area contributed by atoms with Gasteiger partial charge < -0.3 is 15.5 Å². The number of hydrogen-bond acceptors (Lipinski definition) is 5. The summed E-state index contributed by atoms with van der Waals surface area (Å²) in [5, 5.41) is 0. The number of likely N-dealkylation sites (N-methyl/N-ethyl adjacent to an activating group) is 1. The summed E-state index contributed by atoms with van der Waals surface area (Å²) in [6.07, 6.45) is 0. The van der Waals surface area contributed by atoms with E-state index in [-0.39, 0.29) is 0 Å². The summed E-state index contributed by atoms with van der Waals surface area (Å²) in [5.74, 6) is 1.22. The van der Waals surface area contributed by atoms with Crippen molar-refractivity contribution in [1.29, 1.82) is 0 Å². The molecule has 1 saturated heterocycles. The predicted octanol–water partition coefficient (Wildman–Crippen LogP) is 0.962. The van der Waals surface area contributed by atoms with E-state index in [4.69, 9.17) is 5.73 Å². The molecular weight excluding hydrogens is 270 g/mol. The highest BCUT2D eigenvalue weighted by Gasteiger charge is 2.23. The van der Waals surface area contributed by atoms with Crippen LogP contribution in [0.2, 0.25) is 0 Å². The van der Waals surface area contributed by atoms with E-state index < -0.39 is 0 Å². The summed E-state index contributed by atoms with van der Waals surface area (Å²) in [5.41, 5.74) is 5.72. The minimum atomic E-state index is 0.410. The molecule has 1 aromatic heterocycles. The number of rotatable bonds is 1. The second kappa shape index (κ2) is 4.55. The summed E-state index contributed by atoms with van der Waals surface area (Å²) in [6, 6.07) is 2.12. The van der Waals surface area contributed by atoms with Crippen molar-refractivity contribution in [2.24, 2.45) is 0 Å². The molecule has 0 radical (unpaired) electrons. The summed E-state index contributed by atoms with van der Waals surface area (Å²) in [6.45, 7) is 5.17. The molecule has 5 nitrogen and oxygen atoms in total. The topological polar surface area (TPSA) is 58.3 Å². The number of nitrogen functional groups attached to an aromatic ring is 1. The molecule has 2 N–H and O–H groups in total. The van der Waals surface area contributed by atoms with Crippen LogP contribution in [-0.2, 0) is 0 Å². The van der Waals surface area contributed by atoms with Gasteiger partial charge in [-0.25, -0.2) is 4.98 Å². The molecule has 1 fully saturated rings. The van der Waals surface area contributed by atoms with Gasteiger partial charge in [0.1, 0.15) is 10.4 Å². The highest BCUT2D eigenvalue weighted by Crippen LogP contribution is 2.19. The van der Waals surface area contributed by atoms with Crippen molar-refractivity contribution in [1.82, 2.24) is 14.9 Å². The van der Waals surface area contributed by atoms with Crippen LogP contribution in [0.15, 0.2) is 10.7 Å². The van der Waals surface area contributed by atoms with Crippen LogP contribution in [0.3, 0.4) is 0 Å². The van der Waals surface area contributed by atoms with Crippen molar-refractivity contribution >= 4 is 27.7 Å². The molecule has 0 aromatic carbocycles. The van der Waals surface area contributed by atoms with Crippen molar-refractivity contribution < 1.29 is 0 Å². The van der Waals surface area contributed by atoms with E-state index in [2.05, 4.69) is 49.7 Å². The zero-order valence-electron chi connectivity index (χ0n) is 9.52. The van der Waals surface area contributed by atoms with Crippen LogP contribution in [0.4, 0.5) is 11.8 Å². The molecule has 2 heterocycles. The first kappa shape index (κ1) is 11.6. The second-order valence-electron chi connectivity index (χ2n) is 4.22. The maximum atomic E-state index is 5.72. The van der Waals surface area contributed by atoms with E-state index in [0.29, 0.717) is 17.8 Å². The molecule has 0 bridgehead atoms. The first-order valence-electron chi connectivity index (χ1n) is 5.31. The van der Waals surface area contributed by atoms with E-state index in [1.54, 1.807) is 6.07 Å². The van der Waals surface area contributed by atoms with Crippen LogP contribution in [0, 0.1) is 0 Å². The second-order valence-corrected chi connectivity index (χ2v) is 5.03. The van der Waals surface area contributed by atoms with Crippen LogP contribution in [0.5, 0.6) is 0 Å². The Hall–Kier alpha value is -0.880. The minimum absolute atomic E-state index is 0.410. The molecule has 1 aliphatic heterocycles. The zero-order chi connectivity index (χ0) is 11.7. The average Bonchev–Trinajstić information content (AvgIpc) is 2.15. The zero-order valence-corrected chi connectivity index (χ0v) is 11.1. The standard InChI is InChI=1S/C10H16BrN5/c1-7-6-15(2)3-4-16(7)10-13-8(11)5-9(12)14-10/h5,7H,3-4,6H2,1-2H3,(H2,12,13,14). The predicted molar refractivity (Wildman–Crippen MR) is 68.4 cm³/mol. The number of aromatic nitrogens is 2. The Kier molecular flexibility index (Phi) is 3.30. The minimum Gasteiger partial charge on any atom is -0.383 e. The summed E-state index contributed by atoms with van der Waals surface area (Å²) in [7, 11) is 2.13. The lowest BCUT2D eigenvalue weighted by molar-refractivity contribution is 0.273. The molecule has 16 heavy (non-hydrogen) atoms. The summed E-state index contributed by atoms with van der Waals surface area (Å²) in [4.78, 5) is 13.1. The van der Waals surface area contributed by atoms with Gasteiger partial charge in [0, 0.05) is 31.7 Å².